The van der Waals surface area contributed by atoms with Gasteiger partial charge >= 0.3 is 0 Å². The van der Waals surface area contributed by atoms with Crippen LogP contribution in [0.1, 0.15) is 245 Å². The minimum atomic E-state index is -1.79. The van der Waals surface area contributed by atoms with E-state index < -0.39 is 86.8 Å². The van der Waals surface area contributed by atoms with E-state index in [1.165, 1.54) is 128 Å². The van der Waals surface area contributed by atoms with Gasteiger partial charge in [0.2, 0.25) is 5.91 Å². The number of aliphatic hydroxyl groups excluding tert-OH is 8. The molecule has 0 spiro atoms. The van der Waals surface area contributed by atoms with Crippen molar-refractivity contribution in [3.8, 4) is 0 Å². The van der Waals surface area contributed by atoms with Crippen LogP contribution in [-0.2, 0) is 23.7 Å². The lowest BCUT2D eigenvalue weighted by Gasteiger charge is -2.46. The molecule has 2 heterocycles. The molecule has 0 aromatic heterocycles. The van der Waals surface area contributed by atoms with E-state index in [1.54, 1.807) is 6.08 Å². The molecule has 12 unspecified atom stereocenters. The van der Waals surface area contributed by atoms with Gasteiger partial charge in [0.15, 0.2) is 12.6 Å². The van der Waals surface area contributed by atoms with Gasteiger partial charge in [-0.15, -0.1) is 0 Å². The zero-order chi connectivity index (χ0) is 62.3. The van der Waals surface area contributed by atoms with E-state index in [0.717, 1.165) is 89.9 Å². The second-order valence-corrected chi connectivity index (χ2v) is 23.6. The minimum absolute atomic E-state index is 0.243. The molecular weight excluding hydrogens is 1090 g/mol. The predicted molar refractivity (Wildman–Crippen MR) is 350 cm³/mol. The molecule has 1 amide bonds. The number of aliphatic hydroxyl groups is 8. The van der Waals surface area contributed by atoms with Crippen LogP contribution < -0.4 is 5.32 Å². The van der Waals surface area contributed by atoms with E-state index in [0.29, 0.717) is 6.42 Å². The number of hydrogen-bond donors (Lipinski definition) is 9. The van der Waals surface area contributed by atoms with Crippen LogP contribution in [0.25, 0.3) is 0 Å². The Labute approximate surface area is 521 Å². The van der Waals surface area contributed by atoms with Gasteiger partial charge < -0.3 is 65.1 Å². The highest BCUT2D eigenvalue weighted by molar-refractivity contribution is 5.76. The summed E-state index contributed by atoms with van der Waals surface area (Å²) in [6.45, 7) is 2.66. The van der Waals surface area contributed by atoms with Crippen molar-refractivity contribution < 1.29 is 64.6 Å². The van der Waals surface area contributed by atoms with Crippen LogP contribution in [0.4, 0.5) is 0 Å². The van der Waals surface area contributed by atoms with Crippen molar-refractivity contribution in [1.82, 2.24) is 5.32 Å². The number of unbranched alkanes of at least 4 members (excludes halogenated alkanes) is 25. The van der Waals surface area contributed by atoms with Gasteiger partial charge in [0, 0.05) is 6.42 Å². The maximum absolute atomic E-state index is 13.3. The first-order valence-corrected chi connectivity index (χ1v) is 34.1. The smallest absolute Gasteiger partial charge is 0.220 e. The molecule has 2 aliphatic heterocycles. The number of rotatable bonds is 54. The standard InChI is InChI=1S/C72H123NO13/c1-3-5-7-9-11-13-15-16-17-18-19-20-21-22-23-24-25-26-27-28-29-30-31-32-33-34-35-36-37-38-39-40-41-42-43-44-46-48-50-52-54-56-64(77)73-60(61(76)55-53-51-49-47-45-14-12-10-8-6-4-2)59-83-71-69(82)67(80)70(63(58-75)85-71)86-72-68(81)66(79)65(78)62(57-74)84-72/h5,7,11,13,16-17,19-20,22-23,25-26,28-29,31-32,53,55,60-63,65-72,74-76,78-82H,3-4,6,8-10,12,14-15,18,21,24,27,30,33-52,54,56-59H2,1-2H3,(H,73,77)/b7-5-,13-11-,17-16-,20-19-,23-22-,26-25-,29-28-,32-31-,55-53+. The highest BCUT2D eigenvalue weighted by atomic mass is 16.7. The van der Waals surface area contributed by atoms with Gasteiger partial charge in [-0.25, -0.2) is 0 Å². The third-order valence-corrected chi connectivity index (χ3v) is 16.0. The first kappa shape index (κ1) is 78.7. The lowest BCUT2D eigenvalue weighted by atomic mass is 9.97. The molecule has 0 radical (unpaired) electrons. The molecule has 2 fully saturated rings. The zero-order valence-corrected chi connectivity index (χ0v) is 53.5. The van der Waals surface area contributed by atoms with E-state index in [2.05, 4.69) is 116 Å². The van der Waals surface area contributed by atoms with Gasteiger partial charge in [0.05, 0.1) is 32.0 Å². The Morgan fingerprint density at radius 2 is 0.802 bits per heavy atom. The van der Waals surface area contributed by atoms with Crippen LogP contribution in [0.15, 0.2) is 109 Å². The molecule has 12 atom stereocenters. The quantitative estimate of drug-likeness (QED) is 0.0204. The van der Waals surface area contributed by atoms with Crippen molar-refractivity contribution in [3.05, 3.63) is 109 Å². The predicted octanol–water partition coefficient (Wildman–Crippen LogP) is 13.6. The van der Waals surface area contributed by atoms with Crippen LogP contribution in [0.5, 0.6) is 0 Å². The van der Waals surface area contributed by atoms with Crippen LogP contribution in [-0.4, -0.2) is 140 Å². The SMILES string of the molecule is CC/C=C\C/C=C\C/C=C\C/C=C\C/C=C\C/C=C\C/C=C\C/C=C\CCCCCCCCCCCCCCCCCCC(=O)NC(COC1OC(CO)C(OC2OC(CO)C(O)C(O)C2O)C(O)C1O)C(O)/C=C/CCCCCCCCCCC. The molecule has 0 aromatic carbocycles. The normalized spacial score (nSPS) is 24.1. The van der Waals surface area contributed by atoms with E-state index in [1.807, 2.05) is 6.08 Å². The van der Waals surface area contributed by atoms with Crippen LogP contribution >= 0.6 is 0 Å². The van der Waals surface area contributed by atoms with Crippen molar-refractivity contribution in [1.29, 1.82) is 0 Å². The van der Waals surface area contributed by atoms with Crippen molar-refractivity contribution >= 4 is 5.91 Å². The van der Waals surface area contributed by atoms with Crippen molar-refractivity contribution in [2.24, 2.45) is 0 Å². The first-order chi connectivity index (χ1) is 42.1. The fourth-order valence-electron chi connectivity index (χ4n) is 10.5. The third-order valence-electron chi connectivity index (χ3n) is 16.0. The molecule has 9 N–H and O–H groups in total. The number of nitrogens with one attached hydrogen (secondary N) is 1. The number of allylic oxidation sites excluding steroid dienone is 17. The molecule has 86 heavy (non-hydrogen) atoms. The summed E-state index contributed by atoms with van der Waals surface area (Å²) in [6, 6.07) is -0.918. The molecule has 0 saturated carbocycles. The fraction of sp³-hybridized carbons (Fsp3) is 0.736. The summed E-state index contributed by atoms with van der Waals surface area (Å²) < 4.78 is 22.8. The summed E-state index contributed by atoms with van der Waals surface area (Å²) in [6.07, 6.45) is 63.1. The average Bonchev–Trinajstić information content (AvgIpc) is 1.60. The maximum atomic E-state index is 13.3. The summed E-state index contributed by atoms with van der Waals surface area (Å²) in [5, 5.41) is 87.1. The lowest BCUT2D eigenvalue weighted by Crippen LogP contribution is -2.65. The zero-order valence-electron chi connectivity index (χ0n) is 53.5. The Balaban J connectivity index is 1.56. The van der Waals surface area contributed by atoms with Crippen molar-refractivity contribution in [2.75, 3.05) is 19.8 Å². The molecule has 2 saturated heterocycles. The number of carbonyl (C=O) groups excluding carboxylic acids is 1. The summed E-state index contributed by atoms with van der Waals surface area (Å²) in [4.78, 5) is 13.3. The van der Waals surface area contributed by atoms with Gasteiger partial charge in [-0.05, 0) is 83.5 Å². The van der Waals surface area contributed by atoms with Crippen LogP contribution in [0, 0.1) is 0 Å². The Bertz CT molecular complexity index is 1860. The first-order valence-electron chi connectivity index (χ1n) is 34.1. The summed E-state index contributed by atoms with van der Waals surface area (Å²) in [7, 11) is 0. The summed E-state index contributed by atoms with van der Waals surface area (Å²) in [5.74, 6) is -0.243. The highest BCUT2D eigenvalue weighted by Crippen LogP contribution is 2.30. The third kappa shape index (κ3) is 39.6. The second-order valence-electron chi connectivity index (χ2n) is 23.6. The second kappa shape index (κ2) is 55.7. The van der Waals surface area contributed by atoms with Crippen LogP contribution in [0.2, 0.25) is 0 Å². The number of amides is 1. The van der Waals surface area contributed by atoms with E-state index in [9.17, 15) is 45.6 Å². The van der Waals surface area contributed by atoms with Gasteiger partial charge in [-0.2, -0.15) is 0 Å². The molecule has 0 aromatic rings. The van der Waals surface area contributed by atoms with E-state index in [4.69, 9.17) is 18.9 Å². The number of ether oxygens (including phenoxy) is 4. The monoisotopic (exact) mass is 1210 g/mol. The average molecular weight is 1210 g/mol. The van der Waals surface area contributed by atoms with Crippen LogP contribution in [0.3, 0.4) is 0 Å². The number of carbonyl (C=O) groups is 1. The molecule has 0 aliphatic carbocycles. The van der Waals surface area contributed by atoms with E-state index >= 15 is 0 Å². The maximum Gasteiger partial charge on any atom is 0.220 e. The van der Waals surface area contributed by atoms with Crippen molar-refractivity contribution in [2.45, 2.75) is 319 Å². The molecule has 2 aliphatic rings. The molecule has 14 nitrogen and oxygen atoms in total. The van der Waals surface area contributed by atoms with Gasteiger partial charge in [-0.1, -0.05) is 264 Å². The number of hydrogen-bond acceptors (Lipinski definition) is 13. The molecule has 2 rings (SSSR count). The Morgan fingerprint density at radius 3 is 1.23 bits per heavy atom. The molecule has 14 heteroatoms. The largest absolute Gasteiger partial charge is 0.394 e. The Kier molecular flexibility index (Phi) is 51.0. The highest BCUT2D eigenvalue weighted by Gasteiger charge is 2.51. The minimum Gasteiger partial charge on any atom is -0.394 e. The summed E-state index contributed by atoms with van der Waals surface area (Å²) in [5.41, 5.74) is 0. The van der Waals surface area contributed by atoms with Gasteiger partial charge in [0.25, 0.3) is 0 Å². The van der Waals surface area contributed by atoms with E-state index in [-0.39, 0.29) is 18.9 Å². The van der Waals surface area contributed by atoms with Crippen molar-refractivity contribution in [3.63, 3.8) is 0 Å². The fourth-order valence-corrected chi connectivity index (χ4v) is 10.5. The lowest BCUT2D eigenvalue weighted by molar-refractivity contribution is -0.359. The topological polar surface area (TPSA) is 228 Å². The van der Waals surface area contributed by atoms with Gasteiger partial charge in [0.1, 0.15) is 48.8 Å². The Hall–Kier alpha value is -3.35. The molecule has 494 valence electrons. The Morgan fingerprint density at radius 1 is 0.430 bits per heavy atom. The summed E-state index contributed by atoms with van der Waals surface area (Å²) >= 11 is 0. The molecule has 0 bridgehead atoms. The van der Waals surface area contributed by atoms with Gasteiger partial charge in [-0.3, -0.25) is 4.79 Å². The molecular formula is C72H123NO13.